The Labute approximate surface area is 96.4 Å². The number of nitriles is 2. The zero-order valence-corrected chi connectivity index (χ0v) is 9.35. The second-order valence-corrected chi connectivity index (χ2v) is 3.78. The van der Waals surface area contributed by atoms with E-state index in [2.05, 4.69) is 6.58 Å². The van der Waals surface area contributed by atoms with Crippen molar-refractivity contribution in [3.63, 3.8) is 0 Å². The van der Waals surface area contributed by atoms with Gasteiger partial charge in [0.15, 0.2) is 0 Å². The van der Waals surface area contributed by atoms with Gasteiger partial charge in [0.25, 0.3) is 0 Å². The lowest BCUT2D eigenvalue weighted by molar-refractivity contribution is 0.620. The average Bonchev–Trinajstić information content (AvgIpc) is 2.31. The molecule has 0 aromatic heterocycles. The van der Waals surface area contributed by atoms with Gasteiger partial charge >= 0.3 is 0 Å². The predicted molar refractivity (Wildman–Crippen MR) is 63.5 cm³/mol. The molecular formula is C14H14N2. The lowest BCUT2D eigenvalue weighted by Gasteiger charge is -2.16. The van der Waals surface area contributed by atoms with E-state index in [1.54, 1.807) is 6.08 Å². The molecule has 2 nitrogen and oxygen atoms in total. The minimum atomic E-state index is -0.610. The SMILES string of the molecule is C=CCC(c1ccc(C)cc1)C(C#N)C#N. The van der Waals surface area contributed by atoms with Crippen molar-refractivity contribution in [3.8, 4) is 12.1 Å². The van der Waals surface area contributed by atoms with Crippen LogP contribution in [0, 0.1) is 35.5 Å². The van der Waals surface area contributed by atoms with E-state index in [9.17, 15) is 0 Å². The van der Waals surface area contributed by atoms with Crippen LogP contribution in [0.15, 0.2) is 36.9 Å². The Morgan fingerprint density at radius 1 is 1.25 bits per heavy atom. The highest BCUT2D eigenvalue weighted by Crippen LogP contribution is 2.28. The Balaban J connectivity index is 3.03. The maximum Gasteiger partial charge on any atom is 0.140 e. The first kappa shape index (κ1) is 12.0. The van der Waals surface area contributed by atoms with Crippen LogP contribution in [0.2, 0.25) is 0 Å². The summed E-state index contributed by atoms with van der Waals surface area (Å²) in [5.74, 6) is -0.686. The molecule has 80 valence electrons. The van der Waals surface area contributed by atoms with Crippen molar-refractivity contribution in [1.29, 1.82) is 10.5 Å². The molecule has 0 N–H and O–H groups in total. The Hall–Kier alpha value is -2.06. The molecule has 1 atom stereocenters. The topological polar surface area (TPSA) is 47.6 Å². The molecule has 0 aliphatic rings. The summed E-state index contributed by atoms with van der Waals surface area (Å²) >= 11 is 0. The van der Waals surface area contributed by atoms with E-state index < -0.39 is 5.92 Å². The fourth-order valence-corrected chi connectivity index (χ4v) is 1.67. The maximum atomic E-state index is 8.93. The highest BCUT2D eigenvalue weighted by Gasteiger charge is 2.21. The van der Waals surface area contributed by atoms with E-state index in [0.717, 1.165) is 5.56 Å². The third-order valence-electron chi connectivity index (χ3n) is 2.61. The standard InChI is InChI=1S/C14H14N2/c1-3-4-14(13(9-15)10-16)12-7-5-11(2)6-8-12/h3,5-8,13-14H,1,4H2,2H3. The molecule has 0 aliphatic carbocycles. The van der Waals surface area contributed by atoms with Crippen LogP contribution >= 0.6 is 0 Å². The number of allylic oxidation sites excluding steroid dienone is 1. The smallest absolute Gasteiger partial charge is 0.140 e. The molecule has 16 heavy (non-hydrogen) atoms. The molecule has 1 aromatic rings. The Kier molecular flexibility index (Phi) is 4.30. The lowest BCUT2D eigenvalue weighted by atomic mass is 9.85. The van der Waals surface area contributed by atoms with Gasteiger partial charge in [-0.25, -0.2) is 0 Å². The van der Waals surface area contributed by atoms with Gasteiger partial charge in [-0.05, 0) is 18.9 Å². The first-order valence-electron chi connectivity index (χ1n) is 5.19. The number of hydrogen-bond donors (Lipinski definition) is 0. The minimum absolute atomic E-state index is 0.0758. The summed E-state index contributed by atoms with van der Waals surface area (Å²) in [6.45, 7) is 5.69. The molecule has 1 aromatic carbocycles. The van der Waals surface area contributed by atoms with E-state index in [4.69, 9.17) is 10.5 Å². The fourth-order valence-electron chi connectivity index (χ4n) is 1.67. The number of aryl methyl sites for hydroxylation is 1. The average molecular weight is 210 g/mol. The molecule has 0 aliphatic heterocycles. The second kappa shape index (κ2) is 5.73. The van der Waals surface area contributed by atoms with Crippen molar-refractivity contribution in [3.05, 3.63) is 48.0 Å². The van der Waals surface area contributed by atoms with Crippen molar-refractivity contribution in [2.45, 2.75) is 19.3 Å². The highest BCUT2D eigenvalue weighted by molar-refractivity contribution is 5.28. The number of nitrogens with zero attached hydrogens (tertiary/aromatic N) is 2. The van der Waals surface area contributed by atoms with Crippen LogP contribution in [-0.2, 0) is 0 Å². The van der Waals surface area contributed by atoms with Crippen LogP contribution in [-0.4, -0.2) is 0 Å². The summed E-state index contributed by atoms with van der Waals surface area (Å²) in [7, 11) is 0. The summed E-state index contributed by atoms with van der Waals surface area (Å²) in [5, 5.41) is 17.9. The summed E-state index contributed by atoms with van der Waals surface area (Å²) in [5.41, 5.74) is 2.20. The van der Waals surface area contributed by atoms with E-state index in [-0.39, 0.29) is 5.92 Å². The molecule has 0 radical (unpaired) electrons. The Bertz CT molecular complexity index is 417. The van der Waals surface area contributed by atoms with Crippen LogP contribution in [0.5, 0.6) is 0 Å². The Morgan fingerprint density at radius 2 is 1.81 bits per heavy atom. The van der Waals surface area contributed by atoms with Gasteiger partial charge in [0, 0.05) is 5.92 Å². The molecule has 1 unspecified atom stereocenters. The molecule has 0 amide bonds. The van der Waals surface area contributed by atoms with Crippen molar-refractivity contribution < 1.29 is 0 Å². The molecule has 2 heteroatoms. The summed E-state index contributed by atoms with van der Waals surface area (Å²) < 4.78 is 0. The molecule has 0 saturated carbocycles. The summed E-state index contributed by atoms with van der Waals surface area (Å²) in [6, 6.07) is 12.0. The molecule has 0 fully saturated rings. The van der Waals surface area contributed by atoms with Crippen molar-refractivity contribution in [2.75, 3.05) is 0 Å². The fraction of sp³-hybridized carbons (Fsp3) is 0.286. The zero-order valence-electron chi connectivity index (χ0n) is 9.35. The summed E-state index contributed by atoms with van der Waals surface area (Å²) in [4.78, 5) is 0. The lowest BCUT2D eigenvalue weighted by Crippen LogP contribution is -2.08. The number of hydrogen-bond acceptors (Lipinski definition) is 2. The summed E-state index contributed by atoms with van der Waals surface area (Å²) in [6.07, 6.45) is 2.40. The molecule has 0 heterocycles. The highest BCUT2D eigenvalue weighted by atomic mass is 14.4. The number of rotatable bonds is 4. The van der Waals surface area contributed by atoms with Gasteiger partial charge in [0.1, 0.15) is 5.92 Å². The minimum Gasteiger partial charge on any atom is -0.197 e. The third-order valence-corrected chi connectivity index (χ3v) is 2.61. The van der Waals surface area contributed by atoms with Crippen LogP contribution in [0.1, 0.15) is 23.5 Å². The largest absolute Gasteiger partial charge is 0.197 e. The first-order valence-corrected chi connectivity index (χ1v) is 5.19. The quantitative estimate of drug-likeness (QED) is 0.716. The molecule has 0 bridgehead atoms. The van der Waals surface area contributed by atoms with Gasteiger partial charge in [-0.2, -0.15) is 10.5 Å². The van der Waals surface area contributed by atoms with Gasteiger partial charge in [-0.3, -0.25) is 0 Å². The van der Waals surface area contributed by atoms with E-state index in [1.165, 1.54) is 5.56 Å². The van der Waals surface area contributed by atoms with E-state index in [0.29, 0.717) is 6.42 Å². The normalized spacial score (nSPS) is 11.5. The third kappa shape index (κ3) is 2.72. The molecule has 1 rings (SSSR count). The first-order chi connectivity index (χ1) is 7.72. The molecule has 0 saturated heterocycles. The van der Waals surface area contributed by atoms with Gasteiger partial charge in [-0.15, -0.1) is 6.58 Å². The Morgan fingerprint density at radius 3 is 2.25 bits per heavy atom. The maximum absolute atomic E-state index is 8.93. The van der Waals surface area contributed by atoms with Crippen molar-refractivity contribution >= 4 is 0 Å². The van der Waals surface area contributed by atoms with Crippen molar-refractivity contribution in [1.82, 2.24) is 0 Å². The van der Waals surface area contributed by atoms with Crippen LogP contribution in [0.4, 0.5) is 0 Å². The monoisotopic (exact) mass is 210 g/mol. The van der Waals surface area contributed by atoms with E-state index >= 15 is 0 Å². The molecule has 0 spiro atoms. The van der Waals surface area contributed by atoms with Crippen LogP contribution in [0.25, 0.3) is 0 Å². The second-order valence-electron chi connectivity index (χ2n) is 3.78. The van der Waals surface area contributed by atoms with E-state index in [1.807, 2.05) is 43.3 Å². The van der Waals surface area contributed by atoms with Gasteiger partial charge in [0.05, 0.1) is 12.1 Å². The van der Waals surface area contributed by atoms with Crippen molar-refractivity contribution in [2.24, 2.45) is 5.92 Å². The predicted octanol–water partition coefficient (Wildman–Crippen LogP) is 3.32. The van der Waals surface area contributed by atoms with Gasteiger partial charge in [-0.1, -0.05) is 35.9 Å². The van der Waals surface area contributed by atoms with Gasteiger partial charge < -0.3 is 0 Å². The zero-order chi connectivity index (χ0) is 12.0. The van der Waals surface area contributed by atoms with Gasteiger partial charge in [0.2, 0.25) is 0 Å². The molecular weight excluding hydrogens is 196 g/mol. The van der Waals surface area contributed by atoms with Crippen LogP contribution in [0.3, 0.4) is 0 Å². The van der Waals surface area contributed by atoms with Crippen LogP contribution < -0.4 is 0 Å². The number of benzene rings is 1.